The number of anilines is 3. The summed E-state index contributed by atoms with van der Waals surface area (Å²) in [6, 6.07) is 24.4. The fraction of sp³-hybridized carbons (Fsp3) is 0.211. The van der Waals surface area contributed by atoms with Gasteiger partial charge in [-0.3, -0.25) is 0 Å². The fourth-order valence-electron chi connectivity index (χ4n) is 5.56. The second kappa shape index (κ2) is 12.5. The van der Waals surface area contributed by atoms with Gasteiger partial charge in [-0.15, -0.1) is 0 Å². The van der Waals surface area contributed by atoms with Gasteiger partial charge in [0.2, 0.25) is 0 Å². The highest BCUT2D eigenvalue weighted by molar-refractivity contribution is 6.03. The molecule has 0 saturated carbocycles. The molecule has 5 heteroatoms. The van der Waals surface area contributed by atoms with E-state index in [4.69, 9.17) is 9.47 Å². The maximum absolute atomic E-state index is 12.1. The molecule has 4 aromatic carbocycles. The molecule has 1 aliphatic rings. The zero-order chi connectivity index (χ0) is 30.7. The van der Waals surface area contributed by atoms with E-state index >= 15 is 0 Å². The quantitative estimate of drug-likeness (QED) is 0.0868. The van der Waals surface area contributed by atoms with Crippen molar-refractivity contribution < 1.29 is 19.1 Å². The number of nitrogens with zero attached hydrogens (tertiary/aromatic N) is 1. The number of aryl methyl sites for hydroxylation is 1. The zero-order valence-corrected chi connectivity index (χ0v) is 25.3. The molecule has 5 rings (SSSR count). The Hall–Kier alpha value is -4.90. The lowest BCUT2D eigenvalue weighted by molar-refractivity contribution is -0.140. The SMILES string of the molecule is C=C(C)C(=O)OCc1ccc(N(c2ccc(OC(=O)C(=C)C)cc2)c2ccc(CC)c3c4c(ccc23)CC=CC4C)cc1. The van der Waals surface area contributed by atoms with E-state index < -0.39 is 11.9 Å². The van der Waals surface area contributed by atoms with E-state index in [1.54, 1.807) is 26.0 Å². The monoisotopic (exact) mass is 571 g/mol. The van der Waals surface area contributed by atoms with Crippen LogP contribution in [0.5, 0.6) is 5.75 Å². The minimum Gasteiger partial charge on any atom is -0.457 e. The third-order valence-electron chi connectivity index (χ3n) is 7.78. The zero-order valence-electron chi connectivity index (χ0n) is 25.3. The molecular weight excluding hydrogens is 534 g/mol. The molecule has 43 heavy (non-hydrogen) atoms. The minimum absolute atomic E-state index is 0.167. The van der Waals surface area contributed by atoms with Crippen molar-refractivity contribution >= 4 is 39.8 Å². The van der Waals surface area contributed by atoms with Gasteiger partial charge in [0.05, 0.1) is 5.69 Å². The molecule has 0 aromatic heterocycles. The van der Waals surface area contributed by atoms with Gasteiger partial charge in [-0.1, -0.05) is 69.5 Å². The lowest BCUT2D eigenvalue weighted by atomic mass is 9.82. The first-order valence-electron chi connectivity index (χ1n) is 14.6. The molecule has 0 bridgehead atoms. The first-order chi connectivity index (χ1) is 20.7. The van der Waals surface area contributed by atoms with Crippen LogP contribution in [0.15, 0.2) is 109 Å². The average molecular weight is 572 g/mol. The van der Waals surface area contributed by atoms with Crippen molar-refractivity contribution in [1.82, 2.24) is 0 Å². The summed E-state index contributed by atoms with van der Waals surface area (Å²) in [5.74, 6) is -0.0909. The summed E-state index contributed by atoms with van der Waals surface area (Å²) in [7, 11) is 0. The lowest BCUT2D eigenvalue weighted by Gasteiger charge is -2.29. The summed E-state index contributed by atoms with van der Waals surface area (Å²) in [5.41, 5.74) is 8.59. The van der Waals surface area contributed by atoms with Crippen LogP contribution >= 0.6 is 0 Å². The van der Waals surface area contributed by atoms with Crippen LogP contribution in [0.1, 0.15) is 55.9 Å². The van der Waals surface area contributed by atoms with E-state index in [0.29, 0.717) is 22.8 Å². The smallest absolute Gasteiger partial charge is 0.338 e. The second-order valence-electron chi connectivity index (χ2n) is 11.1. The van der Waals surface area contributed by atoms with Crippen molar-refractivity contribution in [2.45, 2.75) is 53.1 Å². The highest BCUT2D eigenvalue weighted by Crippen LogP contribution is 2.44. The van der Waals surface area contributed by atoms with Gasteiger partial charge in [-0.25, -0.2) is 9.59 Å². The van der Waals surface area contributed by atoms with Gasteiger partial charge in [0.15, 0.2) is 0 Å². The van der Waals surface area contributed by atoms with E-state index in [9.17, 15) is 9.59 Å². The van der Waals surface area contributed by atoms with Gasteiger partial charge in [0, 0.05) is 27.9 Å². The molecule has 0 fully saturated rings. The molecule has 1 atom stereocenters. The van der Waals surface area contributed by atoms with Crippen molar-refractivity contribution in [1.29, 1.82) is 0 Å². The fourth-order valence-corrected chi connectivity index (χ4v) is 5.56. The number of carbonyl (C=O) groups is 2. The average Bonchev–Trinajstić information content (AvgIpc) is 3.01. The molecule has 1 aliphatic carbocycles. The molecule has 0 N–H and O–H groups in total. The van der Waals surface area contributed by atoms with E-state index in [1.807, 2.05) is 36.4 Å². The Morgan fingerprint density at radius 2 is 1.51 bits per heavy atom. The summed E-state index contributed by atoms with van der Waals surface area (Å²) in [6.07, 6.45) is 6.44. The van der Waals surface area contributed by atoms with E-state index in [2.05, 4.69) is 68.3 Å². The third kappa shape index (κ3) is 6.17. The predicted octanol–water partition coefficient (Wildman–Crippen LogP) is 9.19. The maximum atomic E-state index is 12.1. The van der Waals surface area contributed by atoms with Crippen LogP contribution in [0.4, 0.5) is 17.1 Å². The summed E-state index contributed by atoms with van der Waals surface area (Å²) >= 11 is 0. The Morgan fingerprint density at radius 3 is 2.14 bits per heavy atom. The van der Waals surface area contributed by atoms with Gasteiger partial charge in [0.25, 0.3) is 0 Å². The molecule has 0 aliphatic heterocycles. The number of esters is 2. The molecule has 0 amide bonds. The predicted molar refractivity (Wildman–Crippen MR) is 174 cm³/mol. The van der Waals surface area contributed by atoms with Crippen LogP contribution in [-0.2, 0) is 33.8 Å². The normalized spacial score (nSPS) is 13.7. The Morgan fingerprint density at radius 1 is 0.860 bits per heavy atom. The van der Waals surface area contributed by atoms with Crippen molar-refractivity contribution in [3.05, 3.63) is 132 Å². The van der Waals surface area contributed by atoms with Gasteiger partial charge in [0.1, 0.15) is 12.4 Å². The topological polar surface area (TPSA) is 55.8 Å². The van der Waals surface area contributed by atoms with Gasteiger partial charge < -0.3 is 14.4 Å². The van der Waals surface area contributed by atoms with Crippen LogP contribution < -0.4 is 9.64 Å². The highest BCUT2D eigenvalue weighted by atomic mass is 16.5. The minimum atomic E-state index is -0.457. The van der Waals surface area contributed by atoms with Gasteiger partial charge in [-0.05, 0) is 103 Å². The Labute approximate surface area is 253 Å². The summed E-state index contributed by atoms with van der Waals surface area (Å²) < 4.78 is 10.8. The van der Waals surface area contributed by atoms with Crippen LogP contribution in [0.25, 0.3) is 10.8 Å². The van der Waals surface area contributed by atoms with Crippen LogP contribution in [0.3, 0.4) is 0 Å². The number of rotatable bonds is 9. The molecule has 218 valence electrons. The van der Waals surface area contributed by atoms with E-state index in [-0.39, 0.29) is 6.61 Å². The maximum Gasteiger partial charge on any atom is 0.338 e. The third-order valence-corrected chi connectivity index (χ3v) is 7.78. The number of benzene rings is 4. The first kappa shape index (κ1) is 29.6. The molecule has 1 unspecified atom stereocenters. The number of carbonyl (C=O) groups excluding carboxylic acids is 2. The number of allylic oxidation sites excluding steroid dienone is 2. The molecule has 0 spiro atoms. The summed E-state index contributed by atoms with van der Waals surface area (Å²) in [4.78, 5) is 26.3. The largest absolute Gasteiger partial charge is 0.457 e. The Balaban J connectivity index is 1.63. The number of fused-ring (bicyclic) bond motifs is 3. The Kier molecular flexibility index (Phi) is 8.63. The summed E-state index contributed by atoms with van der Waals surface area (Å²) in [6.45, 7) is 15.2. The molecule has 0 saturated heterocycles. The number of hydrogen-bond donors (Lipinski definition) is 0. The molecule has 4 aromatic rings. The lowest BCUT2D eigenvalue weighted by Crippen LogP contribution is -2.13. The molecule has 0 heterocycles. The van der Waals surface area contributed by atoms with Crippen molar-refractivity contribution in [2.24, 2.45) is 0 Å². The molecular formula is C38H37NO4. The van der Waals surface area contributed by atoms with Crippen LogP contribution in [0, 0.1) is 0 Å². The summed E-state index contributed by atoms with van der Waals surface area (Å²) in [5, 5.41) is 2.49. The van der Waals surface area contributed by atoms with E-state index in [0.717, 1.165) is 35.5 Å². The van der Waals surface area contributed by atoms with Gasteiger partial charge in [-0.2, -0.15) is 0 Å². The van der Waals surface area contributed by atoms with Crippen molar-refractivity contribution in [3.63, 3.8) is 0 Å². The van der Waals surface area contributed by atoms with Gasteiger partial charge >= 0.3 is 11.9 Å². The van der Waals surface area contributed by atoms with Crippen LogP contribution in [-0.4, -0.2) is 11.9 Å². The Bertz CT molecular complexity index is 1750. The van der Waals surface area contributed by atoms with E-state index in [1.165, 1.54) is 27.5 Å². The molecule has 5 nitrogen and oxygen atoms in total. The second-order valence-corrected chi connectivity index (χ2v) is 11.1. The van der Waals surface area contributed by atoms with Crippen molar-refractivity contribution in [2.75, 3.05) is 4.90 Å². The van der Waals surface area contributed by atoms with Crippen LogP contribution in [0.2, 0.25) is 0 Å². The highest BCUT2D eigenvalue weighted by Gasteiger charge is 2.22. The standard InChI is InChI=1S/C38H37NO4/c1-7-28-14-22-34(33-21-13-29-10-8-9-26(6)35(29)36(28)33)39(31-17-19-32(20-18-31)43-38(41)25(4)5)30-15-11-27(12-16-30)23-42-37(40)24(2)3/h8-9,11-22,26H,2,4,7,10,23H2,1,3,5-6H3. The van der Waals surface area contributed by atoms with Crippen molar-refractivity contribution in [3.8, 4) is 5.75 Å². The molecule has 0 radical (unpaired) electrons. The number of hydrogen-bond acceptors (Lipinski definition) is 5. The first-order valence-corrected chi connectivity index (χ1v) is 14.6. The number of ether oxygens (including phenoxy) is 2.